The molecule has 2 aromatic rings. The maximum atomic E-state index is 13.5. The van der Waals surface area contributed by atoms with Gasteiger partial charge in [0.05, 0.1) is 13.2 Å². The molecular formula is C21H27F3N6O. The van der Waals surface area contributed by atoms with Crippen molar-refractivity contribution in [2.75, 3.05) is 41.8 Å². The number of nitrogens with one attached hydrogen (secondary N) is 2. The zero-order valence-corrected chi connectivity index (χ0v) is 17.2. The molecule has 1 saturated carbocycles. The van der Waals surface area contributed by atoms with Crippen molar-refractivity contribution in [3.63, 3.8) is 0 Å². The Labute approximate surface area is 179 Å². The number of anilines is 4. The van der Waals surface area contributed by atoms with Crippen molar-refractivity contribution >= 4 is 23.1 Å². The number of nitrogens with two attached hydrogens (primary N) is 1. The van der Waals surface area contributed by atoms with Gasteiger partial charge in [-0.2, -0.15) is 18.2 Å². The normalized spacial score (nSPS) is 22.3. The quantitative estimate of drug-likeness (QED) is 0.658. The van der Waals surface area contributed by atoms with Gasteiger partial charge in [0.2, 0.25) is 5.95 Å². The number of ether oxygens (including phenoxy) is 1. The van der Waals surface area contributed by atoms with E-state index in [9.17, 15) is 13.2 Å². The van der Waals surface area contributed by atoms with Gasteiger partial charge in [0.15, 0.2) is 0 Å². The summed E-state index contributed by atoms with van der Waals surface area (Å²) >= 11 is 0. The van der Waals surface area contributed by atoms with Gasteiger partial charge in [-0.15, -0.1) is 0 Å². The molecule has 0 radical (unpaired) electrons. The molecule has 1 aliphatic heterocycles. The van der Waals surface area contributed by atoms with E-state index in [0.717, 1.165) is 37.8 Å². The van der Waals surface area contributed by atoms with E-state index in [1.54, 1.807) is 0 Å². The molecule has 4 rings (SSSR count). The third kappa shape index (κ3) is 5.56. The zero-order valence-electron chi connectivity index (χ0n) is 17.2. The summed E-state index contributed by atoms with van der Waals surface area (Å²) in [5.74, 6) is -0.0856. The molecule has 0 atom stereocenters. The third-order valence-corrected chi connectivity index (χ3v) is 5.71. The van der Waals surface area contributed by atoms with Crippen LogP contribution in [0, 0.1) is 0 Å². The molecule has 0 spiro atoms. The number of nitrogens with zero attached hydrogens (tertiary/aromatic N) is 3. The number of aromatic nitrogens is 2. The van der Waals surface area contributed by atoms with Gasteiger partial charge in [-0.05, 0) is 49.9 Å². The number of morpholine rings is 1. The van der Waals surface area contributed by atoms with Gasteiger partial charge in [-0.1, -0.05) is 0 Å². The van der Waals surface area contributed by atoms with Crippen LogP contribution in [-0.4, -0.2) is 48.4 Å². The molecule has 4 N–H and O–H groups in total. The highest BCUT2D eigenvalue weighted by molar-refractivity contribution is 5.61. The summed E-state index contributed by atoms with van der Waals surface area (Å²) < 4.78 is 45.8. The molecule has 0 unspecified atom stereocenters. The Morgan fingerprint density at radius 1 is 1.03 bits per heavy atom. The highest BCUT2D eigenvalue weighted by Gasteiger charge is 2.36. The molecule has 1 aromatic heterocycles. The predicted molar refractivity (Wildman–Crippen MR) is 114 cm³/mol. The molecule has 1 saturated heterocycles. The smallest absolute Gasteiger partial charge is 0.378 e. The standard InChI is InChI=1S/C21H27F3N6O/c22-21(23,24)18-13-26-20(29-19(18)27-15-3-1-14(25)2-4-15)28-16-5-7-17(8-6-16)30-9-11-31-12-10-30/h5-8,13-15H,1-4,9-12,25H2,(H2,26,27,28,29). The zero-order chi connectivity index (χ0) is 21.8. The maximum Gasteiger partial charge on any atom is 0.421 e. The van der Waals surface area contributed by atoms with E-state index in [1.165, 1.54) is 0 Å². The SMILES string of the molecule is NC1CCC(Nc2nc(Nc3ccc(N4CCOCC4)cc3)ncc2C(F)(F)F)CC1. The summed E-state index contributed by atoms with van der Waals surface area (Å²) in [7, 11) is 0. The van der Waals surface area contributed by atoms with E-state index in [1.807, 2.05) is 24.3 Å². The van der Waals surface area contributed by atoms with Gasteiger partial charge in [-0.3, -0.25) is 0 Å². The monoisotopic (exact) mass is 436 g/mol. The Bertz CT molecular complexity index is 862. The summed E-state index contributed by atoms with van der Waals surface area (Å²) in [4.78, 5) is 10.3. The Balaban J connectivity index is 1.49. The Kier molecular flexibility index (Phi) is 6.47. The first-order chi connectivity index (χ1) is 14.9. The Hall–Kier alpha value is -2.59. The summed E-state index contributed by atoms with van der Waals surface area (Å²) in [6.07, 6.45) is -0.710. The molecule has 1 aromatic carbocycles. The average molecular weight is 436 g/mol. The Morgan fingerprint density at radius 2 is 1.71 bits per heavy atom. The fraction of sp³-hybridized carbons (Fsp3) is 0.524. The summed E-state index contributed by atoms with van der Waals surface area (Å²) in [6, 6.07) is 7.67. The number of alkyl halides is 3. The minimum absolute atomic E-state index is 0.0866. The number of hydrogen-bond donors (Lipinski definition) is 3. The molecule has 2 aliphatic rings. The van der Waals surface area contributed by atoms with Crippen LogP contribution >= 0.6 is 0 Å². The number of benzene rings is 1. The van der Waals surface area contributed by atoms with Crippen molar-refractivity contribution in [2.45, 2.75) is 43.9 Å². The minimum Gasteiger partial charge on any atom is -0.378 e. The summed E-state index contributed by atoms with van der Waals surface area (Å²) in [5.41, 5.74) is 6.81. The van der Waals surface area contributed by atoms with Crippen molar-refractivity contribution in [1.29, 1.82) is 0 Å². The van der Waals surface area contributed by atoms with Crippen LogP contribution in [-0.2, 0) is 10.9 Å². The van der Waals surface area contributed by atoms with Crippen molar-refractivity contribution in [3.05, 3.63) is 36.0 Å². The number of rotatable bonds is 5. The molecule has 31 heavy (non-hydrogen) atoms. The first kappa shape index (κ1) is 21.6. The fourth-order valence-corrected chi connectivity index (χ4v) is 3.92. The molecule has 0 bridgehead atoms. The fourth-order valence-electron chi connectivity index (χ4n) is 3.92. The summed E-state index contributed by atoms with van der Waals surface area (Å²) in [6.45, 7) is 3.05. The highest BCUT2D eigenvalue weighted by atomic mass is 19.4. The van der Waals surface area contributed by atoms with Crippen LogP contribution in [0.5, 0.6) is 0 Å². The van der Waals surface area contributed by atoms with Crippen LogP contribution in [0.25, 0.3) is 0 Å². The van der Waals surface area contributed by atoms with Crippen LogP contribution in [0.4, 0.5) is 36.3 Å². The molecule has 2 heterocycles. The van der Waals surface area contributed by atoms with E-state index in [4.69, 9.17) is 10.5 Å². The predicted octanol–water partition coefficient (Wildman–Crippen LogP) is 3.76. The van der Waals surface area contributed by atoms with E-state index in [0.29, 0.717) is 31.7 Å². The largest absolute Gasteiger partial charge is 0.421 e. The molecule has 2 fully saturated rings. The second-order valence-corrected chi connectivity index (χ2v) is 7.98. The number of halogens is 3. The lowest BCUT2D eigenvalue weighted by molar-refractivity contribution is -0.137. The van der Waals surface area contributed by atoms with Crippen molar-refractivity contribution in [1.82, 2.24) is 9.97 Å². The number of hydrogen-bond acceptors (Lipinski definition) is 7. The molecule has 1 aliphatic carbocycles. The maximum absolute atomic E-state index is 13.5. The van der Waals surface area contributed by atoms with Gasteiger partial charge in [0.1, 0.15) is 11.4 Å². The third-order valence-electron chi connectivity index (χ3n) is 5.71. The molecule has 168 valence electrons. The molecule has 10 heteroatoms. The molecular weight excluding hydrogens is 409 g/mol. The first-order valence-electron chi connectivity index (χ1n) is 10.5. The average Bonchev–Trinajstić information content (AvgIpc) is 2.76. The van der Waals surface area contributed by atoms with E-state index in [2.05, 4.69) is 25.5 Å². The first-order valence-corrected chi connectivity index (χ1v) is 10.5. The lowest BCUT2D eigenvalue weighted by Crippen LogP contribution is -2.36. The van der Waals surface area contributed by atoms with Gasteiger partial charge in [-0.25, -0.2) is 4.98 Å². The van der Waals surface area contributed by atoms with E-state index in [-0.39, 0.29) is 23.8 Å². The molecule has 0 amide bonds. The Morgan fingerprint density at radius 3 is 2.35 bits per heavy atom. The lowest BCUT2D eigenvalue weighted by atomic mass is 9.92. The van der Waals surface area contributed by atoms with Gasteiger partial charge >= 0.3 is 6.18 Å². The summed E-state index contributed by atoms with van der Waals surface area (Å²) in [5, 5.41) is 5.97. The van der Waals surface area contributed by atoms with Gasteiger partial charge < -0.3 is 26.0 Å². The van der Waals surface area contributed by atoms with Crippen LogP contribution in [0.15, 0.2) is 30.5 Å². The van der Waals surface area contributed by atoms with Crippen LogP contribution < -0.4 is 21.3 Å². The van der Waals surface area contributed by atoms with Gasteiger partial charge in [0.25, 0.3) is 0 Å². The minimum atomic E-state index is -4.54. The lowest BCUT2D eigenvalue weighted by Gasteiger charge is -2.29. The topological polar surface area (TPSA) is 88.3 Å². The highest BCUT2D eigenvalue weighted by Crippen LogP contribution is 2.35. The van der Waals surface area contributed by atoms with Crippen LogP contribution in [0.2, 0.25) is 0 Å². The van der Waals surface area contributed by atoms with Crippen molar-refractivity contribution in [3.8, 4) is 0 Å². The van der Waals surface area contributed by atoms with Crippen molar-refractivity contribution < 1.29 is 17.9 Å². The van der Waals surface area contributed by atoms with Crippen LogP contribution in [0.1, 0.15) is 31.2 Å². The molecule has 7 nitrogen and oxygen atoms in total. The van der Waals surface area contributed by atoms with Crippen molar-refractivity contribution in [2.24, 2.45) is 5.73 Å². The second kappa shape index (κ2) is 9.27. The van der Waals surface area contributed by atoms with E-state index < -0.39 is 11.7 Å². The second-order valence-electron chi connectivity index (χ2n) is 7.98. The van der Waals surface area contributed by atoms with E-state index >= 15 is 0 Å². The van der Waals surface area contributed by atoms with Gasteiger partial charge in [0, 0.05) is 42.7 Å². The van der Waals surface area contributed by atoms with Crippen LogP contribution in [0.3, 0.4) is 0 Å².